The van der Waals surface area contributed by atoms with Crippen LogP contribution in [-0.4, -0.2) is 33.3 Å². The first-order chi connectivity index (χ1) is 13.1. The number of likely N-dealkylation sites (tertiary alicyclic amines) is 1. The number of carbonyl (C=O) groups excluding carboxylic acids is 1. The summed E-state index contributed by atoms with van der Waals surface area (Å²) < 4.78 is 0. The van der Waals surface area contributed by atoms with Gasteiger partial charge in [-0.2, -0.15) is 5.10 Å². The van der Waals surface area contributed by atoms with Crippen molar-refractivity contribution in [2.75, 3.05) is 12.3 Å². The van der Waals surface area contributed by atoms with Gasteiger partial charge in [-0.3, -0.25) is 4.79 Å². The molecule has 0 aliphatic carbocycles. The molecule has 4 rings (SSSR count). The SMILES string of the molecule is O=C(CSc1nncc2ccccc12)N1CCC[C@H]1c1ccc(Cl)c(Cl)c1. The maximum absolute atomic E-state index is 12.9. The summed E-state index contributed by atoms with van der Waals surface area (Å²) in [6.07, 6.45) is 3.65. The molecule has 27 heavy (non-hydrogen) atoms. The van der Waals surface area contributed by atoms with Crippen molar-refractivity contribution in [3.05, 3.63) is 64.3 Å². The molecule has 1 aliphatic heterocycles. The summed E-state index contributed by atoms with van der Waals surface area (Å²) in [5.41, 5.74) is 1.03. The lowest BCUT2D eigenvalue weighted by atomic mass is 10.0. The van der Waals surface area contributed by atoms with Gasteiger partial charge in [0.15, 0.2) is 0 Å². The van der Waals surface area contributed by atoms with Gasteiger partial charge in [-0.05, 0) is 30.5 Å². The number of benzene rings is 2. The number of amides is 1. The maximum atomic E-state index is 12.9. The quantitative estimate of drug-likeness (QED) is 0.533. The van der Waals surface area contributed by atoms with Gasteiger partial charge in [0.1, 0.15) is 5.03 Å². The normalized spacial score (nSPS) is 16.8. The number of carbonyl (C=O) groups is 1. The van der Waals surface area contributed by atoms with Crippen molar-refractivity contribution in [2.24, 2.45) is 0 Å². The summed E-state index contributed by atoms with van der Waals surface area (Å²) in [6, 6.07) is 13.6. The van der Waals surface area contributed by atoms with E-state index in [-0.39, 0.29) is 11.9 Å². The Labute approximate surface area is 171 Å². The van der Waals surface area contributed by atoms with Crippen molar-refractivity contribution in [2.45, 2.75) is 23.9 Å². The minimum atomic E-state index is 0.0477. The van der Waals surface area contributed by atoms with Crippen LogP contribution in [0.5, 0.6) is 0 Å². The van der Waals surface area contributed by atoms with Crippen LogP contribution in [0.2, 0.25) is 10.0 Å². The molecular weight excluding hydrogens is 401 g/mol. The molecule has 0 unspecified atom stereocenters. The van der Waals surface area contributed by atoms with Crippen LogP contribution in [0.3, 0.4) is 0 Å². The van der Waals surface area contributed by atoms with E-state index in [1.807, 2.05) is 41.3 Å². The molecule has 7 heteroatoms. The monoisotopic (exact) mass is 417 g/mol. The van der Waals surface area contributed by atoms with Gasteiger partial charge < -0.3 is 4.90 Å². The van der Waals surface area contributed by atoms with E-state index in [1.54, 1.807) is 12.3 Å². The Hall–Kier alpha value is -1.82. The summed E-state index contributed by atoms with van der Waals surface area (Å²) in [6.45, 7) is 0.755. The van der Waals surface area contributed by atoms with Gasteiger partial charge >= 0.3 is 0 Å². The first kappa shape index (κ1) is 18.5. The van der Waals surface area contributed by atoms with Crippen LogP contribution >= 0.6 is 35.0 Å². The number of rotatable bonds is 4. The Bertz CT molecular complexity index is 993. The van der Waals surface area contributed by atoms with Crippen molar-refractivity contribution in [3.8, 4) is 0 Å². The third-order valence-electron chi connectivity index (χ3n) is 4.77. The molecule has 1 amide bonds. The van der Waals surface area contributed by atoms with Gasteiger partial charge in [0.2, 0.25) is 5.91 Å². The smallest absolute Gasteiger partial charge is 0.233 e. The van der Waals surface area contributed by atoms with Crippen LogP contribution in [0, 0.1) is 0 Å². The Balaban J connectivity index is 1.49. The molecule has 0 radical (unpaired) electrons. The van der Waals surface area contributed by atoms with Crippen LogP contribution in [0.1, 0.15) is 24.4 Å². The lowest BCUT2D eigenvalue weighted by molar-refractivity contribution is -0.129. The van der Waals surface area contributed by atoms with Crippen LogP contribution in [0.15, 0.2) is 53.7 Å². The molecule has 4 nitrogen and oxygen atoms in total. The fraction of sp³-hybridized carbons (Fsp3) is 0.250. The van der Waals surface area contributed by atoms with E-state index in [4.69, 9.17) is 23.2 Å². The molecule has 2 aromatic carbocycles. The first-order valence-electron chi connectivity index (χ1n) is 8.71. The van der Waals surface area contributed by atoms with Crippen LogP contribution < -0.4 is 0 Å². The number of nitrogens with zero attached hydrogens (tertiary/aromatic N) is 3. The molecule has 1 aromatic heterocycles. The number of hydrogen-bond acceptors (Lipinski definition) is 4. The average molecular weight is 418 g/mol. The van der Waals surface area contributed by atoms with E-state index in [0.29, 0.717) is 15.8 Å². The number of hydrogen-bond donors (Lipinski definition) is 0. The third-order valence-corrected chi connectivity index (χ3v) is 6.48. The zero-order chi connectivity index (χ0) is 18.8. The largest absolute Gasteiger partial charge is 0.335 e. The minimum Gasteiger partial charge on any atom is -0.335 e. The lowest BCUT2D eigenvalue weighted by Crippen LogP contribution is -2.32. The summed E-state index contributed by atoms with van der Waals surface area (Å²) >= 11 is 13.6. The fourth-order valence-corrected chi connectivity index (χ4v) is 4.63. The summed E-state index contributed by atoms with van der Waals surface area (Å²) in [7, 11) is 0. The topological polar surface area (TPSA) is 46.1 Å². The molecule has 0 spiro atoms. The molecule has 138 valence electrons. The molecule has 0 saturated carbocycles. The number of halogens is 2. The van der Waals surface area contributed by atoms with Crippen molar-refractivity contribution >= 4 is 51.6 Å². The van der Waals surface area contributed by atoms with Gasteiger partial charge in [-0.25, -0.2) is 0 Å². The first-order valence-corrected chi connectivity index (χ1v) is 10.5. The molecule has 3 aromatic rings. The highest BCUT2D eigenvalue weighted by Gasteiger charge is 2.30. The Morgan fingerprint density at radius 1 is 1.19 bits per heavy atom. The average Bonchev–Trinajstić information content (AvgIpc) is 3.18. The van der Waals surface area contributed by atoms with Gasteiger partial charge in [0, 0.05) is 17.3 Å². The summed E-state index contributed by atoms with van der Waals surface area (Å²) in [5, 5.41) is 12.1. The number of aromatic nitrogens is 2. The van der Waals surface area contributed by atoms with Crippen molar-refractivity contribution in [3.63, 3.8) is 0 Å². The number of thioether (sulfide) groups is 1. The molecule has 0 N–H and O–H groups in total. The fourth-order valence-electron chi connectivity index (χ4n) is 3.45. The molecule has 1 atom stereocenters. The highest BCUT2D eigenvalue weighted by atomic mass is 35.5. The third kappa shape index (κ3) is 3.91. The Morgan fingerprint density at radius 2 is 2.04 bits per heavy atom. The zero-order valence-electron chi connectivity index (χ0n) is 14.4. The molecular formula is C20H17Cl2N3OS. The molecule has 1 aliphatic rings. The van der Waals surface area contributed by atoms with Gasteiger partial charge in [-0.15, -0.1) is 5.10 Å². The molecule has 1 fully saturated rings. The Kier molecular flexibility index (Phi) is 5.53. The second-order valence-electron chi connectivity index (χ2n) is 6.44. The van der Waals surface area contributed by atoms with Crippen molar-refractivity contribution in [1.82, 2.24) is 15.1 Å². The minimum absolute atomic E-state index is 0.0477. The predicted octanol–water partition coefficient (Wildman–Crippen LogP) is 5.39. The van der Waals surface area contributed by atoms with E-state index < -0.39 is 0 Å². The van der Waals surface area contributed by atoms with Crippen LogP contribution in [0.25, 0.3) is 10.8 Å². The van der Waals surface area contributed by atoms with E-state index in [9.17, 15) is 4.79 Å². The molecule has 0 bridgehead atoms. The van der Waals surface area contributed by atoms with Crippen LogP contribution in [-0.2, 0) is 4.79 Å². The second-order valence-corrected chi connectivity index (χ2v) is 8.22. The maximum Gasteiger partial charge on any atom is 0.233 e. The lowest BCUT2D eigenvalue weighted by Gasteiger charge is -2.25. The van der Waals surface area contributed by atoms with Gasteiger partial charge in [0.25, 0.3) is 0 Å². The molecule has 2 heterocycles. The zero-order valence-corrected chi connectivity index (χ0v) is 16.8. The standard InChI is InChI=1S/C20H17Cl2N3OS/c21-16-8-7-13(10-17(16)22)18-6-3-9-25(18)19(26)12-27-20-15-5-2-1-4-14(15)11-23-24-20/h1-2,4-5,7-8,10-11,18H,3,6,9,12H2/t18-/m0/s1. The Morgan fingerprint density at radius 3 is 2.89 bits per heavy atom. The molecule has 1 saturated heterocycles. The van der Waals surface area contributed by atoms with Crippen LogP contribution in [0.4, 0.5) is 0 Å². The van der Waals surface area contributed by atoms with E-state index in [0.717, 1.165) is 40.7 Å². The van der Waals surface area contributed by atoms with E-state index >= 15 is 0 Å². The van der Waals surface area contributed by atoms with Gasteiger partial charge in [-0.1, -0.05) is 65.3 Å². The highest BCUT2D eigenvalue weighted by molar-refractivity contribution is 8.00. The predicted molar refractivity (Wildman–Crippen MR) is 110 cm³/mol. The van der Waals surface area contributed by atoms with E-state index in [2.05, 4.69) is 10.2 Å². The van der Waals surface area contributed by atoms with Crippen molar-refractivity contribution in [1.29, 1.82) is 0 Å². The highest BCUT2D eigenvalue weighted by Crippen LogP contribution is 2.36. The van der Waals surface area contributed by atoms with Gasteiger partial charge in [0.05, 0.1) is 28.0 Å². The van der Waals surface area contributed by atoms with Crippen molar-refractivity contribution < 1.29 is 4.79 Å². The van der Waals surface area contributed by atoms with E-state index in [1.165, 1.54) is 11.8 Å². The number of fused-ring (bicyclic) bond motifs is 1. The summed E-state index contributed by atoms with van der Waals surface area (Å²) in [4.78, 5) is 14.8. The summed E-state index contributed by atoms with van der Waals surface area (Å²) in [5.74, 6) is 0.434. The second kappa shape index (κ2) is 8.05.